The Morgan fingerprint density at radius 1 is 1.38 bits per heavy atom. The monoisotopic (exact) mass is 237 g/mol. The number of nitrogens with zero attached hydrogens (tertiary/aromatic N) is 4. The van der Waals surface area contributed by atoms with Crippen LogP contribution in [0.25, 0.3) is 5.65 Å². The molecule has 0 saturated carbocycles. The number of anilines is 1. The molecule has 0 amide bonds. The minimum Gasteiger partial charge on any atom is -0.340 e. The molecule has 1 aliphatic rings. The van der Waals surface area contributed by atoms with Crippen molar-refractivity contribution in [2.24, 2.45) is 0 Å². The van der Waals surface area contributed by atoms with Gasteiger partial charge in [0.2, 0.25) is 5.95 Å². The Balaban J connectivity index is 2.14. The second-order valence-corrected chi connectivity index (χ2v) is 4.79. The highest BCUT2D eigenvalue weighted by Crippen LogP contribution is 2.16. The van der Waals surface area contributed by atoms with Crippen molar-refractivity contribution in [1.82, 2.24) is 19.6 Å². The summed E-state index contributed by atoms with van der Waals surface area (Å²) in [5, 5.41) is 6.37. The van der Waals surface area contributed by atoms with Crippen LogP contribution < -0.4 is 10.6 Å². The van der Waals surface area contributed by atoms with Crippen molar-refractivity contribution in [3.63, 3.8) is 0 Å². The van der Waals surface area contributed by atoms with Crippen LogP contribution >= 0.6 is 11.8 Å². The molecule has 7 heteroatoms. The standard InChI is InChI=1S/C9H11N5OS/c15-9-12-11-7-1-2-10-8(14(7)9)13-3-5-16-6-4-13/h1-2H,3-6H2,(H,12,15). The van der Waals surface area contributed by atoms with Gasteiger partial charge in [-0.15, -0.1) is 0 Å². The van der Waals surface area contributed by atoms with Crippen LogP contribution in [0.2, 0.25) is 0 Å². The van der Waals surface area contributed by atoms with E-state index >= 15 is 0 Å². The van der Waals surface area contributed by atoms with Gasteiger partial charge in [0, 0.05) is 36.9 Å². The predicted molar refractivity (Wildman–Crippen MR) is 63.1 cm³/mol. The van der Waals surface area contributed by atoms with Crippen LogP contribution in [0, 0.1) is 0 Å². The van der Waals surface area contributed by atoms with Crippen LogP contribution in [0.4, 0.5) is 5.95 Å². The summed E-state index contributed by atoms with van der Waals surface area (Å²) in [5.41, 5.74) is 0.393. The van der Waals surface area contributed by atoms with E-state index < -0.39 is 0 Å². The number of aromatic nitrogens is 4. The number of nitrogens with one attached hydrogen (secondary N) is 1. The van der Waals surface area contributed by atoms with Gasteiger partial charge in [0.25, 0.3) is 0 Å². The van der Waals surface area contributed by atoms with Crippen LogP contribution in [0.5, 0.6) is 0 Å². The van der Waals surface area contributed by atoms with E-state index in [1.165, 1.54) is 4.40 Å². The molecule has 1 aliphatic heterocycles. The van der Waals surface area contributed by atoms with E-state index in [0.29, 0.717) is 11.6 Å². The van der Waals surface area contributed by atoms with Crippen molar-refractivity contribution >= 4 is 23.4 Å². The molecule has 84 valence electrons. The fraction of sp³-hybridized carbons (Fsp3) is 0.444. The van der Waals surface area contributed by atoms with E-state index in [0.717, 1.165) is 24.6 Å². The zero-order chi connectivity index (χ0) is 11.0. The number of aromatic amines is 1. The van der Waals surface area contributed by atoms with Crippen molar-refractivity contribution in [2.75, 3.05) is 29.5 Å². The maximum atomic E-state index is 11.6. The summed E-state index contributed by atoms with van der Waals surface area (Å²) in [6.07, 6.45) is 1.69. The van der Waals surface area contributed by atoms with E-state index in [4.69, 9.17) is 0 Å². The minimum absolute atomic E-state index is 0.226. The summed E-state index contributed by atoms with van der Waals surface area (Å²) in [6, 6.07) is 1.72. The first-order chi connectivity index (χ1) is 7.86. The Bertz CT molecular complexity index is 556. The Kier molecular flexibility index (Phi) is 2.32. The van der Waals surface area contributed by atoms with E-state index in [-0.39, 0.29) is 5.69 Å². The largest absolute Gasteiger partial charge is 0.350 e. The number of thioether (sulfide) groups is 1. The summed E-state index contributed by atoms with van der Waals surface area (Å²) in [5.74, 6) is 2.84. The smallest absolute Gasteiger partial charge is 0.340 e. The number of fused-ring (bicyclic) bond motifs is 1. The molecule has 0 spiro atoms. The fourth-order valence-electron chi connectivity index (χ4n) is 1.83. The summed E-state index contributed by atoms with van der Waals surface area (Å²) >= 11 is 1.92. The van der Waals surface area contributed by atoms with Gasteiger partial charge in [-0.2, -0.15) is 16.9 Å². The lowest BCUT2D eigenvalue weighted by Gasteiger charge is -2.27. The maximum absolute atomic E-state index is 11.6. The predicted octanol–water partition coefficient (Wildman–Crippen LogP) is -0.0292. The SMILES string of the molecule is O=c1[nH]nc2ccnc(N3CCSCC3)n12. The molecule has 3 rings (SSSR count). The van der Waals surface area contributed by atoms with E-state index in [2.05, 4.69) is 20.1 Å². The first-order valence-electron chi connectivity index (χ1n) is 5.11. The molecule has 1 N–H and O–H groups in total. The van der Waals surface area contributed by atoms with Crippen molar-refractivity contribution in [1.29, 1.82) is 0 Å². The first-order valence-corrected chi connectivity index (χ1v) is 6.26. The second-order valence-electron chi connectivity index (χ2n) is 3.57. The molecule has 0 radical (unpaired) electrons. The van der Waals surface area contributed by atoms with Gasteiger partial charge in [-0.3, -0.25) is 0 Å². The van der Waals surface area contributed by atoms with Crippen LogP contribution in [0.15, 0.2) is 17.1 Å². The Labute approximate surface area is 95.7 Å². The second kappa shape index (κ2) is 3.82. The number of hydrogen-bond acceptors (Lipinski definition) is 5. The van der Waals surface area contributed by atoms with Gasteiger partial charge in [0.1, 0.15) is 0 Å². The average Bonchev–Trinajstić information content (AvgIpc) is 2.73. The van der Waals surface area contributed by atoms with Gasteiger partial charge in [-0.05, 0) is 0 Å². The van der Waals surface area contributed by atoms with Crippen molar-refractivity contribution in [3.05, 3.63) is 22.7 Å². The highest BCUT2D eigenvalue weighted by atomic mass is 32.2. The quantitative estimate of drug-likeness (QED) is 0.754. The van der Waals surface area contributed by atoms with Crippen LogP contribution in [0.3, 0.4) is 0 Å². The molecule has 1 saturated heterocycles. The van der Waals surface area contributed by atoms with Crippen molar-refractivity contribution in [3.8, 4) is 0 Å². The fourth-order valence-corrected chi connectivity index (χ4v) is 2.73. The summed E-state index contributed by atoms with van der Waals surface area (Å²) in [4.78, 5) is 18.0. The molecule has 0 atom stereocenters. The molecule has 1 fully saturated rings. The highest BCUT2D eigenvalue weighted by Gasteiger charge is 2.16. The Morgan fingerprint density at radius 3 is 3.00 bits per heavy atom. The van der Waals surface area contributed by atoms with Crippen LogP contribution in [-0.4, -0.2) is 44.2 Å². The normalized spacial score (nSPS) is 16.9. The molecule has 2 aromatic rings. The lowest BCUT2D eigenvalue weighted by atomic mass is 10.5. The zero-order valence-corrected chi connectivity index (χ0v) is 9.40. The Hall–Kier alpha value is -1.50. The number of hydrogen-bond donors (Lipinski definition) is 1. The molecule has 16 heavy (non-hydrogen) atoms. The number of H-pyrrole nitrogens is 1. The molecule has 0 unspecified atom stereocenters. The number of rotatable bonds is 1. The lowest BCUT2D eigenvalue weighted by molar-refractivity contribution is 0.795. The molecule has 2 aromatic heterocycles. The van der Waals surface area contributed by atoms with Gasteiger partial charge < -0.3 is 4.90 Å². The lowest BCUT2D eigenvalue weighted by Crippen LogP contribution is -2.35. The average molecular weight is 237 g/mol. The summed E-state index contributed by atoms with van der Waals surface area (Å²) in [6.45, 7) is 1.85. The van der Waals surface area contributed by atoms with Crippen LogP contribution in [-0.2, 0) is 0 Å². The third kappa shape index (κ3) is 1.47. The molecular formula is C9H11N5OS. The topological polar surface area (TPSA) is 66.3 Å². The zero-order valence-electron chi connectivity index (χ0n) is 8.59. The molecule has 0 aliphatic carbocycles. The van der Waals surface area contributed by atoms with E-state index in [9.17, 15) is 4.79 Å². The molecule has 6 nitrogen and oxygen atoms in total. The molecule has 0 bridgehead atoms. The molecule has 0 aromatic carbocycles. The Morgan fingerprint density at radius 2 is 2.19 bits per heavy atom. The van der Waals surface area contributed by atoms with Gasteiger partial charge >= 0.3 is 5.69 Å². The van der Waals surface area contributed by atoms with E-state index in [1.807, 2.05) is 11.8 Å². The van der Waals surface area contributed by atoms with Gasteiger partial charge in [-0.1, -0.05) is 0 Å². The van der Waals surface area contributed by atoms with Crippen molar-refractivity contribution < 1.29 is 0 Å². The minimum atomic E-state index is -0.226. The molecular weight excluding hydrogens is 226 g/mol. The van der Waals surface area contributed by atoms with Gasteiger partial charge in [0.15, 0.2) is 5.65 Å². The highest BCUT2D eigenvalue weighted by molar-refractivity contribution is 7.99. The van der Waals surface area contributed by atoms with Gasteiger partial charge in [-0.25, -0.2) is 19.3 Å². The summed E-state index contributed by atoms with van der Waals surface area (Å²) in [7, 11) is 0. The third-order valence-electron chi connectivity index (χ3n) is 2.61. The first kappa shape index (κ1) is 9.71. The summed E-state index contributed by atoms with van der Waals surface area (Å²) < 4.78 is 1.52. The third-order valence-corrected chi connectivity index (χ3v) is 3.55. The van der Waals surface area contributed by atoms with Crippen LogP contribution in [0.1, 0.15) is 0 Å². The van der Waals surface area contributed by atoms with E-state index in [1.54, 1.807) is 12.3 Å². The van der Waals surface area contributed by atoms with Crippen molar-refractivity contribution in [2.45, 2.75) is 0 Å². The molecule has 3 heterocycles. The van der Waals surface area contributed by atoms with Gasteiger partial charge in [0.05, 0.1) is 0 Å². The maximum Gasteiger partial charge on any atom is 0.350 e.